The summed E-state index contributed by atoms with van der Waals surface area (Å²) in [5, 5.41) is 5.06. The summed E-state index contributed by atoms with van der Waals surface area (Å²) in [4.78, 5) is 15.3. The summed E-state index contributed by atoms with van der Waals surface area (Å²) in [6, 6.07) is 66.7. The van der Waals surface area contributed by atoms with Crippen LogP contribution in [0.4, 0.5) is 0 Å². The number of hydrogen-bond donors (Lipinski definition) is 0. The van der Waals surface area contributed by atoms with Crippen LogP contribution in [0.25, 0.3) is 108 Å². The molecule has 0 spiro atoms. The first-order chi connectivity index (χ1) is 27.7. The Balaban J connectivity index is 1.06. The molecule has 3 heterocycles. The van der Waals surface area contributed by atoms with Crippen LogP contribution in [0.15, 0.2) is 188 Å². The highest BCUT2D eigenvalue weighted by atomic mass is 32.1. The molecule has 0 fully saturated rings. The van der Waals surface area contributed by atoms with Crippen molar-refractivity contribution in [3.63, 3.8) is 0 Å². The number of fused-ring (bicyclic) bond motifs is 6. The third kappa shape index (κ3) is 5.60. The Kier molecular flexibility index (Phi) is 7.87. The van der Waals surface area contributed by atoms with Crippen LogP contribution in [-0.2, 0) is 0 Å². The van der Waals surface area contributed by atoms with E-state index < -0.39 is 0 Å². The van der Waals surface area contributed by atoms with Gasteiger partial charge in [-0.05, 0) is 57.6 Å². The summed E-state index contributed by atoms with van der Waals surface area (Å²) in [5.41, 5.74) is 10.2. The maximum atomic E-state index is 5.16. The molecular weight excluding hydrogens is 719 g/mol. The van der Waals surface area contributed by atoms with E-state index in [2.05, 4.69) is 164 Å². The van der Waals surface area contributed by atoms with Gasteiger partial charge in [0.15, 0.2) is 17.5 Å². The highest BCUT2D eigenvalue weighted by Gasteiger charge is 2.19. The van der Waals surface area contributed by atoms with Crippen molar-refractivity contribution in [2.24, 2.45) is 0 Å². The molecule has 0 aliphatic heterocycles. The van der Waals surface area contributed by atoms with E-state index in [1.54, 1.807) is 11.3 Å². The molecular formula is C51H31N3S2. The van der Waals surface area contributed by atoms with Crippen LogP contribution >= 0.6 is 22.7 Å². The van der Waals surface area contributed by atoms with E-state index >= 15 is 0 Å². The molecule has 3 nitrogen and oxygen atoms in total. The Morgan fingerprint density at radius 1 is 0.286 bits per heavy atom. The van der Waals surface area contributed by atoms with Gasteiger partial charge in [-0.2, -0.15) is 0 Å². The molecule has 0 amide bonds. The molecule has 0 aliphatic carbocycles. The van der Waals surface area contributed by atoms with Crippen molar-refractivity contribution in [1.82, 2.24) is 15.0 Å². The normalized spacial score (nSPS) is 11.6. The highest BCUT2D eigenvalue weighted by Crippen LogP contribution is 2.47. The second-order valence-electron chi connectivity index (χ2n) is 13.9. The topological polar surface area (TPSA) is 38.7 Å². The number of nitrogens with zero attached hydrogens (tertiary/aromatic N) is 3. The van der Waals surface area contributed by atoms with E-state index in [1.807, 2.05) is 35.6 Å². The van der Waals surface area contributed by atoms with Crippen molar-refractivity contribution in [2.45, 2.75) is 0 Å². The molecule has 0 saturated heterocycles. The highest BCUT2D eigenvalue weighted by molar-refractivity contribution is 7.27. The van der Waals surface area contributed by atoms with Crippen LogP contribution in [0.5, 0.6) is 0 Å². The number of hydrogen-bond acceptors (Lipinski definition) is 5. The van der Waals surface area contributed by atoms with Crippen molar-refractivity contribution in [1.29, 1.82) is 0 Å². The van der Waals surface area contributed by atoms with Gasteiger partial charge in [-0.3, -0.25) is 0 Å². The molecule has 11 aromatic rings. The minimum Gasteiger partial charge on any atom is -0.208 e. The first-order valence-electron chi connectivity index (χ1n) is 18.7. The fourth-order valence-electron chi connectivity index (χ4n) is 7.84. The molecule has 0 aliphatic rings. The standard InChI is InChI=1S/C51H31N3S2/c1-4-13-32(14-5-1)33-23-25-36(26-24-33)50-52-49(35-17-8-3-9-18-35)53-51(54-50)42-21-12-20-40-43-31-37(27-30-45(43)55-47(40)42)39-29-28-38(34-15-6-2-7-16-34)46-41-19-10-11-22-44(41)56-48(39)46/h1-31H. The van der Waals surface area contributed by atoms with Gasteiger partial charge >= 0.3 is 0 Å². The van der Waals surface area contributed by atoms with Gasteiger partial charge in [0.2, 0.25) is 0 Å². The first-order valence-corrected chi connectivity index (χ1v) is 20.3. The van der Waals surface area contributed by atoms with Gasteiger partial charge < -0.3 is 0 Å². The van der Waals surface area contributed by atoms with E-state index in [9.17, 15) is 0 Å². The van der Waals surface area contributed by atoms with Crippen LogP contribution in [0, 0.1) is 0 Å². The van der Waals surface area contributed by atoms with Crippen LogP contribution in [-0.4, -0.2) is 15.0 Å². The quantitative estimate of drug-likeness (QED) is 0.170. The summed E-state index contributed by atoms with van der Waals surface area (Å²) in [5.74, 6) is 1.98. The Labute approximate surface area is 331 Å². The third-order valence-electron chi connectivity index (χ3n) is 10.6. The number of rotatable bonds is 6. The molecule has 262 valence electrons. The monoisotopic (exact) mass is 749 g/mol. The van der Waals surface area contributed by atoms with Crippen LogP contribution < -0.4 is 0 Å². The summed E-state index contributed by atoms with van der Waals surface area (Å²) in [7, 11) is 0. The number of aromatic nitrogens is 3. The van der Waals surface area contributed by atoms with Crippen LogP contribution in [0.3, 0.4) is 0 Å². The first kappa shape index (κ1) is 32.6. The molecule has 0 bridgehead atoms. The van der Waals surface area contributed by atoms with Gasteiger partial charge in [-0.1, -0.05) is 164 Å². The second-order valence-corrected chi connectivity index (χ2v) is 16.0. The minimum absolute atomic E-state index is 0.653. The summed E-state index contributed by atoms with van der Waals surface area (Å²) in [6.45, 7) is 0. The Bertz CT molecular complexity index is 3220. The molecule has 5 heteroatoms. The fourth-order valence-corrected chi connectivity index (χ4v) is 10.3. The fraction of sp³-hybridized carbons (Fsp3) is 0. The van der Waals surface area contributed by atoms with Crippen molar-refractivity contribution >= 4 is 63.0 Å². The van der Waals surface area contributed by atoms with E-state index in [0.29, 0.717) is 17.5 Å². The predicted octanol–water partition coefficient (Wildman–Crippen LogP) is 14.6. The lowest BCUT2D eigenvalue weighted by Crippen LogP contribution is -2.00. The SMILES string of the molecule is c1ccc(-c2ccc(-c3nc(-c4ccccc4)nc(-c4cccc5c4sc4ccc(-c6ccc(-c7ccccc7)c7c6sc6ccccc67)cc45)n3)cc2)cc1. The zero-order chi connectivity index (χ0) is 37.0. The number of thiophene rings is 2. The van der Waals surface area contributed by atoms with E-state index in [0.717, 1.165) is 22.3 Å². The Morgan fingerprint density at radius 3 is 1.55 bits per heavy atom. The zero-order valence-electron chi connectivity index (χ0n) is 30.1. The molecule has 0 N–H and O–H groups in total. The average Bonchev–Trinajstić information content (AvgIpc) is 3.86. The van der Waals surface area contributed by atoms with Crippen LogP contribution in [0.1, 0.15) is 0 Å². The molecule has 0 unspecified atom stereocenters. The maximum Gasteiger partial charge on any atom is 0.165 e. The maximum absolute atomic E-state index is 5.16. The van der Waals surface area contributed by atoms with Crippen molar-refractivity contribution in [2.75, 3.05) is 0 Å². The zero-order valence-corrected chi connectivity index (χ0v) is 31.7. The average molecular weight is 750 g/mol. The van der Waals surface area contributed by atoms with Crippen molar-refractivity contribution in [3.05, 3.63) is 188 Å². The lowest BCUT2D eigenvalue weighted by Gasteiger charge is -2.10. The largest absolute Gasteiger partial charge is 0.208 e. The summed E-state index contributed by atoms with van der Waals surface area (Å²) < 4.78 is 5.02. The summed E-state index contributed by atoms with van der Waals surface area (Å²) in [6.07, 6.45) is 0. The second kappa shape index (κ2) is 13.5. The van der Waals surface area contributed by atoms with E-state index in [1.165, 1.54) is 68.2 Å². The van der Waals surface area contributed by atoms with Crippen molar-refractivity contribution < 1.29 is 0 Å². The predicted molar refractivity (Wildman–Crippen MR) is 238 cm³/mol. The molecule has 8 aromatic carbocycles. The lowest BCUT2D eigenvalue weighted by molar-refractivity contribution is 1.08. The molecule has 11 rings (SSSR count). The molecule has 3 aromatic heterocycles. The molecule has 0 saturated carbocycles. The van der Waals surface area contributed by atoms with Gasteiger partial charge in [0, 0.05) is 57.0 Å². The van der Waals surface area contributed by atoms with Gasteiger partial charge in [0.05, 0.1) is 0 Å². The van der Waals surface area contributed by atoms with Crippen LogP contribution in [0.2, 0.25) is 0 Å². The van der Waals surface area contributed by atoms with E-state index in [4.69, 9.17) is 15.0 Å². The smallest absolute Gasteiger partial charge is 0.165 e. The van der Waals surface area contributed by atoms with Gasteiger partial charge in [0.25, 0.3) is 0 Å². The van der Waals surface area contributed by atoms with Gasteiger partial charge in [-0.15, -0.1) is 22.7 Å². The van der Waals surface area contributed by atoms with Crippen molar-refractivity contribution in [3.8, 4) is 67.5 Å². The minimum atomic E-state index is 0.653. The van der Waals surface area contributed by atoms with Gasteiger partial charge in [-0.25, -0.2) is 15.0 Å². The molecule has 0 radical (unpaired) electrons. The number of benzene rings is 8. The Morgan fingerprint density at radius 2 is 0.804 bits per heavy atom. The molecule has 56 heavy (non-hydrogen) atoms. The third-order valence-corrected chi connectivity index (χ3v) is 13.0. The molecule has 0 atom stereocenters. The van der Waals surface area contributed by atoms with E-state index in [-0.39, 0.29) is 0 Å². The summed E-state index contributed by atoms with van der Waals surface area (Å²) >= 11 is 3.68. The van der Waals surface area contributed by atoms with Gasteiger partial charge in [0.1, 0.15) is 0 Å². The lowest BCUT2D eigenvalue weighted by atomic mass is 9.94. The Hall–Kier alpha value is -6.79.